The third-order valence-electron chi connectivity index (χ3n) is 3.62. The molecule has 0 saturated carbocycles. The summed E-state index contributed by atoms with van der Waals surface area (Å²) in [7, 11) is 0. The van der Waals surface area contributed by atoms with Crippen molar-refractivity contribution in [2.24, 2.45) is 0 Å². The third-order valence-corrected chi connectivity index (χ3v) is 3.62. The summed E-state index contributed by atoms with van der Waals surface area (Å²) < 4.78 is 0. The monoisotopic (exact) mass is 271 g/mol. The molecule has 0 amide bonds. The Morgan fingerprint density at radius 3 is 2.65 bits per heavy atom. The second-order valence-electron chi connectivity index (χ2n) is 5.66. The number of aromatic nitrogens is 3. The molecule has 1 aromatic heterocycles. The molecule has 2 aromatic rings. The first kappa shape index (κ1) is 13.1. The first-order valence-electron chi connectivity index (χ1n) is 7.11. The molecular formula is C15H21N5. The minimum absolute atomic E-state index is 0.479. The van der Waals surface area contributed by atoms with Crippen LogP contribution in [0.1, 0.15) is 18.1 Å². The van der Waals surface area contributed by atoms with Gasteiger partial charge in [-0.25, -0.2) is 0 Å². The molecule has 1 aliphatic rings. The van der Waals surface area contributed by atoms with E-state index in [1.807, 2.05) is 0 Å². The molecule has 0 unspecified atom stereocenters. The Morgan fingerprint density at radius 2 is 1.95 bits per heavy atom. The molecule has 5 heteroatoms. The van der Waals surface area contributed by atoms with Crippen LogP contribution in [0.2, 0.25) is 0 Å². The summed E-state index contributed by atoms with van der Waals surface area (Å²) in [6.45, 7) is 9.27. The molecule has 1 aliphatic heterocycles. The number of aromatic amines is 1. The number of benzene rings is 1. The quantitative estimate of drug-likeness (QED) is 0.875. The van der Waals surface area contributed by atoms with Gasteiger partial charge in [-0.05, 0) is 32.9 Å². The number of rotatable bonds is 2. The maximum atomic E-state index is 4.65. The average molecular weight is 271 g/mol. The average Bonchev–Trinajstić information content (AvgIpc) is 2.87. The van der Waals surface area contributed by atoms with Crippen molar-refractivity contribution in [3.05, 3.63) is 29.3 Å². The lowest BCUT2D eigenvalue weighted by atomic mass is 10.1. The van der Waals surface area contributed by atoms with Crippen LogP contribution in [0.3, 0.4) is 0 Å². The SMILES string of the molecule is Cc1cc(C)cc(-c2nc(N3CCN[C@H](C)C3)n[nH]2)c1. The highest BCUT2D eigenvalue weighted by Crippen LogP contribution is 2.21. The van der Waals surface area contributed by atoms with Gasteiger partial charge in [0.2, 0.25) is 5.95 Å². The first-order chi connectivity index (χ1) is 9.61. The molecule has 3 rings (SSSR count). The minimum atomic E-state index is 0.479. The Labute approximate surface area is 119 Å². The normalized spacial score (nSPS) is 19.4. The van der Waals surface area contributed by atoms with Crippen molar-refractivity contribution in [3.63, 3.8) is 0 Å². The predicted octanol–water partition coefficient (Wildman–Crippen LogP) is 1.89. The number of hydrogen-bond acceptors (Lipinski definition) is 4. The van der Waals surface area contributed by atoms with Crippen molar-refractivity contribution >= 4 is 5.95 Å². The fourth-order valence-corrected chi connectivity index (χ4v) is 2.75. The molecule has 0 spiro atoms. The van der Waals surface area contributed by atoms with Crippen LogP contribution in [-0.2, 0) is 0 Å². The van der Waals surface area contributed by atoms with Gasteiger partial charge in [-0.15, -0.1) is 5.10 Å². The highest BCUT2D eigenvalue weighted by atomic mass is 15.4. The van der Waals surface area contributed by atoms with Crippen molar-refractivity contribution in [2.75, 3.05) is 24.5 Å². The van der Waals surface area contributed by atoms with Gasteiger partial charge in [0, 0.05) is 31.2 Å². The summed E-state index contributed by atoms with van der Waals surface area (Å²) in [6, 6.07) is 6.92. The van der Waals surface area contributed by atoms with Crippen molar-refractivity contribution in [1.29, 1.82) is 0 Å². The lowest BCUT2D eigenvalue weighted by molar-refractivity contribution is 0.480. The van der Waals surface area contributed by atoms with Gasteiger partial charge in [0.1, 0.15) is 0 Å². The molecule has 0 radical (unpaired) electrons. The zero-order chi connectivity index (χ0) is 14.1. The van der Waals surface area contributed by atoms with Crippen LogP contribution in [0, 0.1) is 13.8 Å². The molecule has 1 fully saturated rings. The summed E-state index contributed by atoms with van der Waals surface area (Å²) in [5.41, 5.74) is 3.59. The zero-order valence-corrected chi connectivity index (χ0v) is 12.3. The molecule has 2 heterocycles. The summed E-state index contributed by atoms with van der Waals surface area (Å²) in [4.78, 5) is 6.88. The number of piperazine rings is 1. The van der Waals surface area contributed by atoms with Crippen LogP contribution in [0.4, 0.5) is 5.95 Å². The standard InChI is InChI=1S/C15H21N5/c1-10-6-11(2)8-13(7-10)14-17-15(19-18-14)20-5-4-16-12(3)9-20/h6-8,12,16H,4-5,9H2,1-3H3,(H,17,18,19)/t12-/m1/s1. The number of nitrogens with zero attached hydrogens (tertiary/aromatic N) is 3. The maximum absolute atomic E-state index is 4.65. The Bertz CT molecular complexity index is 584. The van der Waals surface area contributed by atoms with Crippen LogP contribution < -0.4 is 10.2 Å². The van der Waals surface area contributed by atoms with Gasteiger partial charge in [0.15, 0.2) is 5.82 Å². The number of H-pyrrole nitrogens is 1. The van der Waals surface area contributed by atoms with Crippen LogP contribution in [0.5, 0.6) is 0 Å². The Hall–Kier alpha value is -1.88. The van der Waals surface area contributed by atoms with Crippen LogP contribution in [0.15, 0.2) is 18.2 Å². The van der Waals surface area contributed by atoms with E-state index in [2.05, 4.69) is 64.4 Å². The van der Waals surface area contributed by atoms with E-state index in [4.69, 9.17) is 0 Å². The van der Waals surface area contributed by atoms with Gasteiger partial charge < -0.3 is 10.2 Å². The summed E-state index contributed by atoms with van der Waals surface area (Å²) >= 11 is 0. The highest BCUT2D eigenvalue weighted by Gasteiger charge is 2.19. The molecule has 20 heavy (non-hydrogen) atoms. The topological polar surface area (TPSA) is 56.8 Å². The lowest BCUT2D eigenvalue weighted by Crippen LogP contribution is -2.49. The van der Waals surface area contributed by atoms with Gasteiger partial charge in [0.25, 0.3) is 0 Å². The van der Waals surface area contributed by atoms with Crippen molar-refractivity contribution in [2.45, 2.75) is 26.8 Å². The van der Waals surface area contributed by atoms with Crippen LogP contribution in [-0.4, -0.2) is 40.9 Å². The van der Waals surface area contributed by atoms with Crippen molar-refractivity contribution in [1.82, 2.24) is 20.5 Å². The van der Waals surface area contributed by atoms with E-state index in [1.165, 1.54) is 11.1 Å². The molecular weight excluding hydrogens is 250 g/mol. The van der Waals surface area contributed by atoms with E-state index in [9.17, 15) is 0 Å². The van der Waals surface area contributed by atoms with Crippen LogP contribution in [0.25, 0.3) is 11.4 Å². The van der Waals surface area contributed by atoms with E-state index >= 15 is 0 Å². The summed E-state index contributed by atoms with van der Waals surface area (Å²) in [6.07, 6.45) is 0. The molecule has 0 aliphatic carbocycles. The molecule has 106 valence electrons. The molecule has 1 aromatic carbocycles. The van der Waals surface area contributed by atoms with Gasteiger partial charge in [-0.3, -0.25) is 5.10 Å². The fourth-order valence-electron chi connectivity index (χ4n) is 2.75. The third kappa shape index (κ3) is 2.67. The first-order valence-corrected chi connectivity index (χ1v) is 7.11. The van der Waals surface area contributed by atoms with Gasteiger partial charge in [-0.2, -0.15) is 4.98 Å². The van der Waals surface area contributed by atoms with Gasteiger partial charge >= 0.3 is 0 Å². The Morgan fingerprint density at radius 1 is 1.20 bits per heavy atom. The zero-order valence-electron chi connectivity index (χ0n) is 12.3. The molecule has 2 N–H and O–H groups in total. The summed E-state index contributed by atoms with van der Waals surface area (Å²) in [5, 5.41) is 10.9. The second-order valence-corrected chi connectivity index (χ2v) is 5.66. The van der Waals surface area contributed by atoms with E-state index in [0.29, 0.717) is 6.04 Å². The smallest absolute Gasteiger partial charge is 0.245 e. The molecule has 0 bridgehead atoms. The molecule has 1 saturated heterocycles. The predicted molar refractivity (Wildman–Crippen MR) is 81.0 cm³/mol. The number of nitrogens with one attached hydrogen (secondary N) is 2. The molecule has 5 nitrogen and oxygen atoms in total. The van der Waals surface area contributed by atoms with Gasteiger partial charge in [-0.1, -0.05) is 17.2 Å². The number of anilines is 1. The van der Waals surface area contributed by atoms with Crippen molar-refractivity contribution in [3.8, 4) is 11.4 Å². The minimum Gasteiger partial charge on any atom is -0.337 e. The van der Waals surface area contributed by atoms with E-state index < -0.39 is 0 Å². The Kier molecular flexibility index (Phi) is 3.44. The second kappa shape index (κ2) is 5.25. The maximum Gasteiger partial charge on any atom is 0.245 e. The molecule has 1 atom stereocenters. The van der Waals surface area contributed by atoms with Gasteiger partial charge in [0.05, 0.1) is 0 Å². The van der Waals surface area contributed by atoms with Crippen molar-refractivity contribution < 1.29 is 0 Å². The number of aryl methyl sites for hydroxylation is 2. The van der Waals surface area contributed by atoms with E-state index in [1.54, 1.807) is 0 Å². The Balaban J connectivity index is 1.86. The van der Waals surface area contributed by atoms with E-state index in [-0.39, 0.29) is 0 Å². The van der Waals surface area contributed by atoms with Crippen LogP contribution >= 0.6 is 0 Å². The summed E-state index contributed by atoms with van der Waals surface area (Å²) in [5.74, 6) is 1.64. The van der Waals surface area contributed by atoms with E-state index in [0.717, 1.165) is 37.0 Å². The lowest BCUT2D eigenvalue weighted by Gasteiger charge is -2.30. The highest BCUT2D eigenvalue weighted by molar-refractivity contribution is 5.58. The fraction of sp³-hybridized carbons (Fsp3) is 0.467. The number of hydrogen-bond donors (Lipinski definition) is 2. The largest absolute Gasteiger partial charge is 0.337 e.